The molecule has 40 heavy (non-hydrogen) atoms. The van der Waals surface area contributed by atoms with Crippen molar-refractivity contribution in [2.75, 3.05) is 10.6 Å². The van der Waals surface area contributed by atoms with Gasteiger partial charge in [0.05, 0.1) is 22.8 Å². The lowest BCUT2D eigenvalue weighted by Gasteiger charge is -2.11. The van der Waals surface area contributed by atoms with Gasteiger partial charge in [0.15, 0.2) is 0 Å². The summed E-state index contributed by atoms with van der Waals surface area (Å²) in [6.07, 6.45) is -1.03. The van der Waals surface area contributed by atoms with Crippen LogP contribution in [0.3, 0.4) is 0 Å². The molecule has 13 heteroatoms. The van der Waals surface area contributed by atoms with E-state index in [0.29, 0.717) is 22.5 Å². The molecule has 2 N–H and O–H groups in total. The third-order valence-electron chi connectivity index (χ3n) is 5.74. The Morgan fingerprint density at radius 2 is 1.12 bits per heavy atom. The normalized spacial score (nSPS) is 10.8. The van der Waals surface area contributed by atoms with E-state index in [1.807, 2.05) is 0 Å². The van der Waals surface area contributed by atoms with Gasteiger partial charge in [-0.05, 0) is 61.4 Å². The second-order valence-electron chi connectivity index (χ2n) is 8.95. The van der Waals surface area contributed by atoms with Crippen LogP contribution in [0.15, 0.2) is 48.5 Å². The molecule has 0 aliphatic heterocycles. The fourth-order valence-electron chi connectivity index (χ4n) is 3.86. The van der Waals surface area contributed by atoms with Crippen molar-refractivity contribution in [1.29, 1.82) is 0 Å². The first kappa shape index (κ1) is 28.0. The predicted molar refractivity (Wildman–Crippen MR) is 140 cm³/mol. The molecule has 2 heterocycles. The van der Waals surface area contributed by atoms with E-state index in [4.69, 9.17) is 9.47 Å². The lowest BCUT2D eigenvalue weighted by molar-refractivity contribution is 0.0446. The highest BCUT2D eigenvalue weighted by atomic mass is 19.1. The maximum absolute atomic E-state index is 14.3. The van der Waals surface area contributed by atoms with Gasteiger partial charge < -0.3 is 20.1 Å². The maximum Gasteiger partial charge on any atom is 0.508 e. The fraction of sp³-hybridized carbons (Fsp3) is 0.222. The number of ether oxygens (including phenoxy) is 2. The van der Waals surface area contributed by atoms with Crippen LogP contribution in [0, 0.1) is 25.5 Å². The van der Waals surface area contributed by atoms with Crippen molar-refractivity contribution < 1.29 is 32.6 Å². The van der Waals surface area contributed by atoms with Gasteiger partial charge in [-0.3, -0.25) is 19.0 Å². The van der Waals surface area contributed by atoms with Gasteiger partial charge in [-0.1, -0.05) is 12.1 Å². The average molecular weight is 553 g/mol. The third-order valence-corrected chi connectivity index (χ3v) is 5.74. The van der Waals surface area contributed by atoms with Crippen LogP contribution in [0.5, 0.6) is 0 Å². The van der Waals surface area contributed by atoms with Gasteiger partial charge in [0.25, 0.3) is 11.8 Å². The van der Waals surface area contributed by atoms with Gasteiger partial charge in [0, 0.05) is 14.1 Å². The first-order chi connectivity index (χ1) is 19.0. The fourth-order valence-corrected chi connectivity index (χ4v) is 3.86. The zero-order chi connectivity index (χ0) is 29.0. The Balaban J connectivity index is 1.32. The molecule has 0 aliphatic carbocycles. The number of carbonyl (C=O) groups is 3. The van der Waals surface area contributed by atoms with Gasteiger partial charge in [0.1, 0.15) is 36.2 Å². The molecule has 0 aliphatic rings. The smallest absolute Gasteiger partial charge is 0.429 e. The first-order valence-electron chi connectivity index (χ1n) is 12.0. The lowest BCUT2D eigenvalue weighted by atomic mass is 10.2. The highest BCUT2D eigenvalue weighted by molar-refractivity contribution is 6.03. The number of nitrogens with one attached hydrogen (secondary N) is 2. The van der Waals surface area contributed by atoms with Crippen LogP contribution in [-0.4, -0.2) is 37.5 Å². The number of nitrogens with zero attached hydrogens (tertiary/aromatic N) is 4. The van der Waals surface area contributed by atoms with Gasteiger partial charge in [-0.2, -0.15) is 10.2 Å². The zero-order valence-corrected chi connectivity index (χ0v) is 22.1. The summed E-state index contributed by atoms with van der Waals surface area (Å²) in [5.74, 6) is -2.44. The van der Waals surface area contributed by atoms with Crippen molar-refractivity contribution in [2.24, 2.45) is 14.1 Å². The molecule has 2 aromatic carbocycles. The average Bonchev–Trinajstić information content (AvgIpc) is 3.43. The van der Waals surface area contributed by atoms with Crippen LogP contribution >= 0.6 is 0 Å². The number of halogens is 2. The van der Waals surface area contributed by atoms with Crippen LogP contribution in [0.25, 0.3) is 0 Å². The molecule has 0 spiro atoms. The number of aryl methyl sites for hydroxylation is 4. The number of rotatable bonds is 8. The van der Waals surface area contributed by atoms with Crippen LogP contribution in [-0.2, 0) is 36.8 Å². The Morgan fingerprint density at radius 1 is 0.725 bits per heavy atom. The van der Waals surface area contributed by atoms with Gasteiger partial charge >= 0.3 is 6.16 Å². The minimum Gasteiger partial charge on any atom is -0.429 e. The largest absolute Gasteiger partial charge is 0.508 e. The monoisotopic (exact) mass is 552 g/mol. The highest BCUT2D eigenvalue weighted by Crippen LogP contribution is 2.20. The van der Waals surface area contributed by atoms with E-state index in [1.165, 1.54) is 33.6 Å². The van der Waals surface area contributed by atoms with Crippen molar-refractivity contribution in [3.05, 3.63) is 94.1 Å². The maximum atomic E-state index is 14.3. The van der Waals surface area contributed by atoms with E-state index in [-0.39, 0.29) is 36.0 Å². The second kappa shape index (κ2) is 11.8. The van der Waals surface area contributed by atoms with Gasteiger partial charge in [-0.15, -0.1) is 0 Å². The molecule has 0 fully saturated rings. The predicted octanol–water partition coefficient (Wildman–Crippen LogP) is 4.41. The molecule has 0 atom stereocenters. The van der Waals surface area contributed by atoms with Crippen molar-refractivity contribution >= 4 is 29.3 Å². The Morgan fingerprint density at radius 3 is 1.48 bits per heavy atom. The highest BCUT2D eigenvalue weighted by Gasteiger charge is 2.17. The van der Waals surface area contributed by atoms with Crippen LogP contribution in [0.2, 0.25) is 0 Å². The van der Waals surface area contributed by atoms with Crippen molar-refractivity contribution in [1.82, 2.24) is 19.6 Å². The molecule has 11 nitrogen and oxygen atoms in total. The van der Waals surface area contributed by atoms with E-state index >= 15 is 0 Å². The molecule has 0 radical (unpaired) electrons. The van der Waals surface area contributed by atoms with Crippen LogP contribution < -0.4 is 10.6 Å². The van der Waals surface area contributed by atoms with E-state index in [9.17, 15) is 23.2 Å². The third kappa shape index (κ3) is 6.67. The van der Waals surface area contributed by atoms with Crippen LogP contribution in [0.4, 0.5) is 25.0 Å². The summed E-state index contributed by atoms with van der Waals surface area (Å²) in [6.45, 7) is 2.93. The van der Waals surface area contributed by atoms with Crippen molar-refractivity contribution in [3.8, 4) is 0 Å². The molecule has 0 unspecified atom stereocenters. The standard InChI is InChI=1S/C27H26F2N6O5/c1-15-9-23(34(3)32-15)25(36)30-21-11-17(5-7-19(21)28)13-39-27(38)40-14-18-6-8-20(29)22(12-18)31-26(37)24-10-16(2)33-35(24)4/h5-12H,13-14H2,1-4H3,(H,30,36)(H,31,37). The molecular weight excluding hydrogens is 526 g/mol. The number of carbonyl (C=O) groups excluding carboxylic acids is 3. The number of hydrogen-bond acceptors (Lipinski definition) is 7. The Kier molecular flexibility index (Phi) is 8.22. The Labute approximate surface area is 227 Å². The summed E-state index contributed by atoms with van der Waals surface area (Å²) >= 11 is 0. The molecule has 4 rings (SSSR count). The zero-order valence-electron chi connectivity index (χ0n) is 22.1. The quantitative estimate of drug-likeness (QED) is 0.310. The summed E-state index contributed by atoms with van der Waals surface area (Å²) in [6, 6.07) is 10.9. The molecular formula is C27H26F2N6O5. The van der Waals surface area contributed by atoms with Gasteiger partial charge in [-0.25, -0.2) is 13.6 Å². The van der Waals surface area contributed by atoms with Crippen molar-refractivity contribution in [3.63, 3.8) is 0 Å². The Hall–Kier alpha value is -5.07. The molecule has 208 valence electrons. The number of benzene rings is 2. The number of amides is 2. The Bertz CT molecular complexity index is 1480. The number of anilines is 2. The summed E-state index contributed by atoms with van der Waals surface area (Å²) in [5, 5.41) is 13.1. The molecule has 0 bridgehead atoms. The second-order valence-corrected chi connectivity index (χ2v) is 8.95. The molecule has 4 aromatic rings. The van der Waals surface area contributed by atoms with Gasteiger partial charge in [0.2, 0.25) is 0 Å². The summed E-state index contributed by atoms with van der Waals surface area (Å²) < 4.78 is 41.5. The van der Waals surface area contributed by atoms with E-state index in [2.05, 4.69) is 20.8 Å². The van der Waals surface area contributed by atoms with E-state index in [1.54, 1.807) is 40.1 Å². The number of hydrogen-bond donors (Lipinski definition) is 2. The summed E-state index contributed by atoms with van der Waals surface area (Å²) in [5.41, 5.74) is 2.36. The lowest BCUT2D eigenvalue weighted by Crippen LogP contribution is -2.17. The molecule has 0 saturated heterocycles. The number of aromatic nitrogens is 4. The van der Waals surface area contributed by atoms with E-state index in [0.717, 1.165) is 12.1 Å². The summed E-state index contributed by atoms with van der Waals surface area (Å²) in [7, 11) is 3.19. The minimum atomic E-state index is -1.03. The SMILES string of the molecule is Cc1cc(C(=O)Nc2cc(COC(=O)OCc3ccc(F)c(NC(=O)c4cc(C)nn4C)c3)ccc2F)n(C)n1. The van der Waals surface area contributed by atoms with Crippen molar-refractivity contribution in [2.45, 2.75) is 27.1 Å². The molecule has 2 aromatic heterocycles. The van der Waals surface area contributed by atoms with E-state index < -0.39 is 29.6 Å². The summed E-state index contributed by atoms with van der Waals surface area (Å²) in [4.78, 5) is 37.1. The van der Waals surface area contributed by atoms with Crippen LogP contribution in [0.1, 0.15) is 43.5 Å². The minimum absolute atomic E-state index is 0.0968. The topological polar surface area (TPSA) is 129 Å². The first-order valence-corrected chi connectivity index (χ1v) is 12.0. The molecule has 2 amide bonds. The molecule has 0 saturated carbocycles.